The van der Waals surface area contributed by atoms with E-state index in [-0.39, 0.29) is 0 Å². The molecule has 0 aliphatic rings. The SMILES string of the molecule is CCNc1nc(C)nc(-c2c(C)cc(C)cc2OC)c1C. The molecule has 0 atom stereocenters. The highest BCUT2D eigenvalue weighted by Crippen LogP contribution is 2.36. The second-order valence-corrected chi connectivity index (χ2v) is 5.28. The number of benzene rings is 1. The Morgan fingerprint density at radius 3 is 2.43 bits per heavy atom. The summed E-state index contributed by atoms with van der Waals surface area (Å²) < 4.78 is 5.58. The molecule has 0 unspecified atom stereocenters. The van der Waals surface area contributed by atoms with Gasteiger partial charge < -0.3 is 10.1 Å². The Morgan fingerprint density at radius 1 is 1.10 bits per heavy atom. The van der Waals surface area contributed by atoms with Crippen LogP contribution in [0.25, 0.3) is 11.3 Å². The Hall–Kier alpha value is -2.10. The quantitative estimate of drug-likeness (QED) is 0.927. The van der Waals surface area contributed by atoms with Crippen LogP contribution in [0.1, 0.15) is 29.4 Å². The molecule has 0 saturated heterocycles. The zero-order chi connectivity index (χ0) is 15.6. The minimum Gasteiger partial charge on any atom is -0.496 e. The summed E-state index contributed by atoms with van der Waals surface area (Å²) in [6, 6.07) is 4.20. The molecule has 0 aliphatic heterocycles. The Morgan fingerprint density at radius 2 is 1.81 bits per heavy atom. The Kier molecular flexibility index (Phi) is 4.46. The Labute approximate surface area is 126 Å². The zero-order valence-electron chi connectivity index (χ0n) is 13.7. The monoisotopic (exact) mass is 285 g/mol. The summed E-state index contributed by atoms with van der Waals surface area (Å²) in [6.07, 6.45) is 0. The van der Waals surface area contributed by atoms with E-state index in [0.717, 1.165) is 46.3 Å². The fourth-order valence-electron chi connectivity index (χ4n) is 2.60. The summed E-state index contributed by atoms with van der Waals surface area (Å²) in [5.41, 5.74) is 5.38. The van der Waals surface area contributed by atoms with Gasteiger partial charge >= 0.3 is 0 Å². The highest BCUT2D eigenvalue weighted by molar-refractivity contribution is 5.76. The van der Waals surface area contributed by atoms with Crippen LogP contribution in [-0.2, 0) is 0 Å². The minimum absolute atomic E-state index is 0.758. The van der Waals surface area contributed by atoms with Gasteiger partial charge in [-0.2, -0.15) is 0 Å². The maximum absolute atomic E-state index is 5.58. The number of methoxy groups -OCH3 is 1. The highest BCUT2D eigenvalue weighted by atomic mass is 16.5. The maximum atomic E-state index is 5.58. The number of rotatable bonds is 4. The van der Waals surface area contributed by atoms with Gasteiger partial charge in [0, 0.05) is 17.7 Å². The molecule has 2 rings (SSSR count). The van der Waals surface area contributed by atoms with E-state index in [1.54, 1.807) is 7.11 Å². The normalized spacial score (nSPS) is 10.6. The van der Waals surface area contributed by atoms with Crippen LogP contribution in [0.2, 0.25) is 0 Å². The van der Waals surface area contributed by atoms with E-state index in [4.69, 9.17) is 4.74 Å². The van der Waals surface area contributed by atoms with E-state index in [2.05, 4.69) is 42.1 Å². The van der Waals surface area contributed by atoms with Gasteiger partial charge in [-0.3, -0.25) is 0 Å². The van der Waals surface area contributed by atoms with Gasteiger partial charge in [-0.05, 0) is 51.8 Å². The number of anilines is 1. The fourth-order valence-corrected chi connectivity index (χ4v) is 2.60. The third-order valence-corrected chi connectivity index (χ3v) is 3.50. The van der Waals surface area contributed by atoms with Gasteiger partial charge in [0.15, 0.2) is 0 Å². The topological polar surface area (TPSA) is 47.0 Å². The first-order chi connectivity index (χ1) is 9.97. The van der Waals surface area contributed by atoms with E-state index < -0.39 is 0 Å². The van der Waals surface area contributed by atoms with E-state index in [9.17, 15) is 0 Å². The van der Waals surface area contributed by atoms with E-state index >= 15 is 0 Å². The highest BCUT2D eigenvalue weighted by Gasteiger charge is 2.17. The molecule has 21 heavy (non-hydrogen) atoms. The van der Waals surface area contributed by atoms with E-state index in [1.165, 1.54) is 5.56 Å². The molecule has 0 aliphatic carbocycles. The molecule has 1 aromatic carbocycles. The van der Waals surface area contributed by atoms with Gasteiger partial charge in [0.05, 0.1) is 12.8 Å². The molecule has 112 valence electrons. The number of aromatic nitrogens is 2. The standard InChI is InChI=1S/C17H23N3O/c1-7-18-17-12(4)16(19-13(5)20-17)15-11(3)8-10(2)9-14(15)21-6/h8-9H,7H2,1-6H3,(H,18,19,20). The maximum Gasteiger partial charge on any atom is 0.133 e. The van der Waals surface area contributed by atoms with Crippen molar-refractivity contribution in [2.75, 3.05) is 19.0 Å². The number of hydrogen-bond acceptors (Lipinski definition) is 4. The van der Waals surface area contributed by atoms with Gasteiger partial charge in [0.25, 0.3) is 0 Å². The lowest BCUT2D eigenvalue weighted by atomic mass is 9.98. The summed E-state index contributed by atoms with van der Waals surface area (Å²) in [4.78, 5) is 9.14. The van der Waals surface area contributed by atoms with Crippen LogP contribution < -0.4 is 10.1 Å². The molecule has 0 fully saturated rings. The molecule has 0 saturated carbocycles. The van der Waals surface area contributed by atoms with Gasteiger partial charge in [0.1, 0.15) is 17.4 Å². The largest absolute Gasteiger partial charge is 0.496 e. The smallest absolute Gasteiger partial charge is 0.133 e. The second-order valence-electron chi connectivity index (χ2n) is 5.28. The molecule has 0 amide bonds. The van der Waals surface area contributed by atoms with Crippen LogP contribution in [0.4, 0.5) is 5.82 Å². The molecular weight excluding hydrogens is 262 g/mol. The summed E-state index contributed by atoms with van der Waals surface area (Å²) in [7, 11) is 1.70. The van der Waals surface area contributed by atoms with E-state index in [1.807, 2.05) is 19.9 Å². The van der Waals surface area contributed by atoms with Crippen LogP contribution in [0.5, 0.6) is 5.75 Å². The zero-order valence-corrected chi connectivity index (χ0v) is 13.7. The third-order valence-electron chi connectivity index (χ3n) is 3.50. The molecule has 0 radical (unpaired) electrons. The van der Waals surface area contributed by atoms with Crippen LogP contribution >= 0.6 is 0 Å². The molecule has 1 N–H and O–H groups in total. The first-order valence-corrected chi connectivity index (χ1v) is 7.22. The van der Waals surface area contributed by atoms with Crippen molar-refractivity contribution in [1.29, 1.82) is 0 Å². The average molecular weight is 285 g/mol. The summed E-state index contributed by atoms with van der Waals surface area (Å²) in [6.45, 7) is 11.0. The number of nitrogens with one attached hydrogen (secondary N) is 1. The van der Waals surface area contributed by atoms with Gasteiger partial charge in [-0.1, -0.05) is 6.07 Å². The van der Waals surface area contributed by atoms with Crippen molar-refractivity contribution in [3.05, 3.63) is 34.6 Å². The van der Waals surface area contributed by atoms with Crippen LogP contribution in [-0.4, -0.2) is 23.6 Å². The minimum atomic E-state index is 0.758. The molecule has 4 heteroatoms. The van der Waals surface area contributed by atoms with Crippen LogP contribution in [0.3, 0.4) is 0 Å². The van der Waals surface area contributed by atoms with Crippen molar-refractivity contribution in [3.63, 3.8) is 0 Å². The number of hydrogen-bond donors (Lipinski definition) is 1. The molecule has 1 heterocycles. The lowest BCUT2D eigenvalue weighted by Crippen LogP contribution is -2.07. The Balaban J connectivity index is 2.72. The van der Waals surface area contributed by atoms with Gasteiger partial charge in [0.2, 0.25) is 0 Å². The second kappa shape index (κ2) is 6.12. The van der Waals surface area contributed by atoms with Crippen LogP contribution in [0, 0.1) is 27.7 Å². The molecule has 2 aromatic rings. The lowest BCUT2D eigenvalue weighted by molar-refractivity contribution is 0.415. The molecular formula is C17H23N3O. The van der Waals surface area contributed by atoms with Crippen molar-refractivity contribution in [2.45, 2.75) is 34.6 Å². The lowest BCUT2D eigenvalue weighted by Gasteiger charge is -2.17. The predicted molar refractivity (Wildman–Crippen MR) is 87.1 cm³/mol. The van der Waals surface area contributed by atoms with Crippen LogP contribution in [0.15, 0.2) is 12.1 Å². The molecule has 0 bridgehead atoms. The average Bonchev–Trinajstić information content (AvgIpc) is 2.42. The van der Waals surface area contributed by atoms with Crippen molar-refractivity contribution < 1.29 is 4.74 Å². The number of aryl methyl sites for hydroxylation is 3. The summed E-state index contributed by atoms with van der Waals surface area (Å²) in [5.74, 6) is 2.51. The first kappa shape index (κ1) is 15.3. The number of nitrogens with zero attached hydrogens (tertiary/aromatic N) is 2. The number of ether oxygens (including phenoxy) is 1. The predicted octanol–water partition coefficient (Wildman–Crippen LogP) is 3.82. The van der Waals surface area contributed by atoms with Crippen molar-refractivity contribution in [1.82, 2.24) is 9.97 Å². The Bertz CT molecular complexity index is 666. The fraction of sp³-hybridized carbons (Fsp3) is 0.412. The van der Waals surface area contributed by atoms with Gasteiger partial charge in [-0.25, -0.2) is 9.97 Å². The summed E-state index contributed by atoms with van der Waals surface area (Å²) >= 11 is 0. The van der Waals surface area contributed by atoms with Crippen molar-refractivity contribution >= 4 is 5.82 Å². The van der Waals surface area contributed by atoms with Gasteiger partial charge in [-0.15, -0.1) is 0 Å². The summed E-state index contributed by atoms with van der Waals surface area (Å²) in [5, 5.41) is 3.30. The molecule has 1 aromatic heterocycles. The third kappa shape index (κ3) is 2.99. The molecule has 4 nitrogen and oxygen atoms in total. The van der Waals surface area contributed by atoms with Crippen molar-refractivity contribution in [3.8, 4) is 17.0 Å². The first-order valence-electron chi connectivity index (χ1n) is 7.22. The van der Waals surface area contributed by atoms with E-state index in [0.29, 0.717) is 0 Å². The van der Waals surface area contributed by atoms with Crippen molar-refractivity contribution in [2.24, 2.45) is 0 Å². The molecule has 0 spiro atoms.